The third-order valence-corrected chi connectivity index (χ3v) is 3.85. The van der Waals surface area contributed by atoms with Gasteiger partial charge in [-0.25, -0.2) is 0 Å². The Balaban J connectivity index is 1.72. The Hall–Kier alpha value is -3.13. The summed E-state index contributed by atoms with van der Waals surface area (Å²) in [5.74, 6) is -0.0538. The summed E-state index contributed by atoms with van der Waals surface area (Å²) in [7, 11) is 2.85. The van der Waals surface area contributed by atoms with Crippen molar-refractivity contribution in [2.24, 2.45) is 0 Å². The predicted octanol–water partition coefficient (Wildman–Crippen LogP) is 2.66. The Bertz CT molecular complexity index is 871. The van der Waals surface area contributed by atoms with Crippen LogP contribution in [0.15, 0.2) is 30.3 Å². The van der Waals surface area contributed by atoms with Crippen LogP contribution < -0.4 is 29.6 Å². The smallest absolute Gasteiger partial charge is 0.314 e. The van der Waals surface area contributed by atoms with E-state index >= 15 is 0 Å². The highest BCUT2D eigenvalue weighted by Crippen LogP contribution is 2.36. The minimum Gasteiger partial charge on any atom is -0.495 e. The maximum atomic E-state index is 12.2. The summed E-state index contributed by atoms with van der Waals surface area (Å²) in [4.78, 5) is 24.3. The predicted molar refractivity (Wildman–Crippen MR) is 94.4 cm³/mol. The highest BCUT2D eigenvalue weighted by atomic mass is 35.5. The van der Waals surface area contributed by atoms with E-state index in [9.17, 15) is 9.59 Å². The zero-order chi connectivity index (χ0) is 18.7. The van der Waals surface area contributed by atoms with Crippen molar-refractivity contribution in [1.82, 2.24) is 0 Å². The van der Waals surface area contributed by atoms with Crippen LogP contribution >= 0.6 is 11.6 Å². The molecule has 8 nitrogen and oxygen atoms in total. The van der Waals surface area contributed by atoms with Crippen molar-refractivity contribution in [2.75, 3.05) is 31.6 Å². The highest BCUT2D eigenvalue weighted by molar-refractivity contribution is 6.44. The number of nitrogens with one attached hydrogen (secondary N) is 2. The molecule has 26 heavy (non-hydrogen) atoms. The van der Waals surface area contributed by atoms with Crippen molar-refractivity contribution >= 4 is 34.8 Å². The van der Waals surface area contributed by atoms with Gasteiger partial charge in [0, 0.05) is 23.9 Å². The standard InChI is InChI=1S/C17H15ClN2O6/c1-23-13-7-11(14(24-2)6-10(13)18)20-17(22)16(21)19-9-3-4-12-15(5-9)26-8-25-12/h3-7H,8H2,1-2H3,(H,19,21)(H,20,22). The summed E-state index contributed by atoms with van der Waals surface area (Å²) in [5.41, 5.74) is 0.648. The lowest BCUT2D eigenvalue weighted by Crippen LogP contribution is -2.29. The second-order valence-electron chi connectivity index (χ2n) is 5.16. The average molecular weight is 379 g/mol. The molecule has 0 saturated carbocycles. The SMILES string of the molecule is COc1cc(NC(=O)C(=O)Nc2ccc3c(c2)OCO3)c(OC)cc1Cl. The molecular weight excluding hydrogens is 364 g/mol. The Labute approximate surface area is 153 Å². The lowest BCUT2D eigenvalue weighted by atomic mass is 10.2. The summed E-state index contributed by atoms with van der Waals surface area (Å²) >= 11 is 6.01. The zero-order valence-electron chi connectivity index (χ0n) is 13.9. The minimum atomic E-state index is -0.884. The lowest BCUT2D eigenvalue weighted by molar-refractivity contribution is -0.133. The summed E-state index contributed by atoms with van der Waals surface area (Å²) in [5, 5.41) is 5.26. The van der Waals surface area contributed by atoms with Gasteiger partial charge in [0.2, 0.25) is 6.79 Å². The van der Waals surface area contributed by atoms with Crippen molar-refractivity contribution in [2.45, 2.75) is 0 Å². The number of methoxy groups -OCH3 is 2. The molecule has 0 atom stereocenters. The summed E-state index contributed by atoms with van der Waals surface area (Å²) < 4.78 is 20.7. The van der Waals surface area contributed by atoms with Gasteiger partial charge < -0.3 is 29.6 Å². The van der Waals surface area contributed by atoms with Crippen molar-refractivity contribution in [3.8, 4) is 23.0 Å². The molecule has 1 aliphatic heterocycles. The topological polar surface area (TPSA) is 95.1 Å². The maximum Gasteiger partial charge on any atom is 0.314 e. The Morgan fingerprint density at radius 3 is 2.38 bits per heavy atom. The molecule has 0 aliphatic carbocycles. The molecule has 0 fully saturated rings. The van der Waals surface area contributed by atoms with Gasteiger partial charge in [-0.2, -0.15) is 0 Å². The Morgan fingerprint density at radius 1 is 0.962 bits per heavy atom. The molecule has 0 saturated heterocycles. The molecule has 2 amide bonds. The number of carbonyl (C=O) groups excluding carboxylic acids is 2. The van der Waals surface area contributed by atoms with Gasteiger partial charge in [0.1, 0.15) is 11.5 Å². The largest absolute Gasteiger partial charge is 0.495 e. The summed E-state index contributed by atoms with van der Waals surface area (Å²) in [6.45, 7) is 0.116. The first-order valence-corrected chi connectivity index (χ1v) is 7.83. The molecule has 2 N–H and O–H groups in total. The minimum absolute atomic E-state index is 0.116. The number of amides is 2. The van der Waals surface area contributed by atoms with Crippen LogP contribution in [0.1, 0.15) is 0 Å². The van der Waals surface area contributed by atoms with Gasteiger partial charge in [-0.3, -0.25) is 9.59 Å². The van der Waals surface area contributed by atoms with Crippen LogP contribution in [0, 0.1) is 0 Å². The monoisotopic (exact) mass is 378 g/mol. The van der Waals surface area contributed by atoms with E-state index in [-0.39, 0.29) is 12.5 Å². The molecule has 2 aromatic rings. The third kappa shape index (κ3) is 3.60. The Kier molecular flexibility index (Phi) is 5.04. The third-order valence-electron chi connectivity index (χ3n) is 3.56. The van der Waals surface area contributed by atoms with Gasteiger partial charge in [-0.15, -0.1) is 0 Å². The van der Waals surface area contributed by atoms with Crippen LogP contribution in [0.5, 0.6) is 23.0 Å². The van der Waals surface area contributed by atoms with Gasteiger partial charge in [-0.05, 0) is 12.1 Å². The first-order valence-electron chi connectivity index (χ1n) is 7.45. The molecule has 136 valence electrons. The van der Waals surface area contributed by atoms with Crippen LogP contribution in [0.2, 0.25) is 5.02 Å². The van der Waals surface area contributed by atoms with E-state index in [4.69, 9.17) is 30.5 Å². The Morgan fingerprint density at radius 2 is 1.65 bits per heavy atom. The fraction of sp³-hybridized carbons (Fsp3) is 0.176. The highest BCUT2D eigenvalue weighted by Gasteiger charge is 2.20. The number of rotatable bonds is 4. The van der Waals surface area contributed by atoms with Crippen molar-refractivity contribution < 1.29 is 28.5 Å². The number of carbonyl (C=O) groups is 2. The van der Waals surface area contributed by atoms with E-state index in [0.29, 0.717) is 33.7 Å². The molecule has 0 radical (unpaired) electrons. The molecule has 2 aromatic carbocycles. The quantitative estimate of drug-likeness (QED) is 0.794. The number of halogens is 1. The van der Waals surface area contributed by atoms with Gasteiger partial charge >= 0.3 is 11.8 Å². The second-order valence-corrected chi connectivity index (χ2v) is 5.57. The first kappa shape index (κ1) is 17.7. The van der Waals surface area contributed by atoms with E-state index < -0.39 is 11.8 Å². The van der Waals surface area contributed by atoms with Crippen LogP contribution in [0.25, 0.3) is 0 Å². The van der Waals surface area contributed by atoms with Crippen LogP contribution in [0.3, 0.4) is 0 Å². The van der Waals surface area contributed by atoms with Crippen molar-refractivity contribution in [3.63, 3.8) is 0 Å². The number of anilines is 2. The number of hydrogen-bond acceptors (Lipinski definition) is 6. The zero-order valence-corrected chi connectivity index (χ0v) is 14.7. The summed E-state index contributed by atoms with van der Waals surface area (Å²) in [6, 6.07) is 7.76. The van der Waals surface area contributed by atoms with Gasteiger partial charge in [0.25, 0.3) is 0 Å². The molecule has 0 bridgehead atoms. The normalized spacial score (nSPS) is 11.7. The van der Waals surface area contributed by atoms with Crippen molar-refractivity contribution in [3.05, 3.63) is 35.4 Å². The molecule has 0 spiro atoms. The fourth-order valence-electron chi connectivity index (χ4n) is 2.30. The number of benzene rings is 2. The van der Waals surface area contributed by atoms with E-state index in [2.05, 4.69) is 10.6 Å². The molecule has 0 aromatic heterocycles. The molecular formula is C17H15ClN2O6. The molecule has 3 rings (SSSR count). The van der Waals surface area contributed by atoms with Crippen LogP contribution in [0.4, 0.5) is 11.4 Å². The van der Waals surface area contributed by atoms with E-state index in [1.807, 2.05) is 0 Å². The van der Waals surface area contributed by atoms with E-state index in [1.54, 1.807) is 18.2 Å². The van der Waals surface area contributed by atoms with Gasteiger partial charge in [0.15, 0.2) is 11.5 Å². The molecule has 0 unspecified atom stereocenters. The lowest BCUT2D eigenvalue weighted by Gasteiger charge is -2.13. The maximum absolute atomic E-state index is 12.2. The molecule has 1 aliphatic rings. The van der Waals surface area contributed by atoms with Crippen LogP contribution in [-0.4, -0.2) is 32.8 Å². The molecule has 1 heterocycles. The van der Waals surface area contributed by atoms with E-state index in [1.165, 1.54) is 26.4 Å². The molecule has 9 heteroatoms. The number of hydrogen-bond donors (Lipinski definition) is 2. The van der Waals surface area contributed by atoms with E-state index in [0.717, 1.165) is 0 Å². The van der Waals surface area contributed by atoms with Crippen LogP contribution in [-0.2, 0) is 9.59 Å². The second kappa shape index (κ2) is 7.40. The van der Waals surface area contributed by atoms with Gasteiger partial charge in [0.05, 0.1) is 24.9 Å². The average Bonchev–Trinajstić information content (AvgIpc) is 3.10. The first-order chi connectivity index (χ1) is 12.5. The number of ether oxygens (including phenoxy) is 4. The van der Waals surface area contributed by atoms with Crippen molar-refractivity contribution in [1.29, 1.82) is 0 Å². The fourth-order valence-corrected chi connectivity index (χ4v) is 2.53. The van der Waals surface area contributed by atoms with Gasteiger partial charge in [-0.1, -0.05) is 11.6 Å². The number of fused-ring (bicyclic) bond motifs is 1. The summed E-state index contributed by atoms with van der Waals surface area (Å²) in [6.07, 6.45) is 0.